The molecule has 0 saturated heterocycles. The Morgan fingerprint density at radius 2 is 2.27 bits per heavy atom. The zero-order valence-electron chi connectivity index (χ0n) is 8.82. The molecule has 2 aromatic rings. The van der Waals surface area contributed by atoms with Gasteiger partial charge in [0.25, 0.3) is 0 Å². The highest BCUT2D eigenvalue weighted by atomic mass is 32.1. The largest absolute Gasteiger partial charge is 0.370 e. The quantitative estimate of drug-likeness (QED) is 0.862. The summed E-state index contributed by atoms with van der Waals surface area (Å²) in [5.41, 5.74) is 3.29. The SMILES string of the molecule is CCNc1ncnc(-c2ccsc2)c1C. The highest BCUT2D eigenvalue weighted by molar-refractivity contribution is 7.08. The Kier molecular flexibility index (Phi) is 2.97. The number of hydrogen-bond acceptors (Lipinski definition) is 4. The molecule has 0 aliphatic carbocycles. The summed E-state index contributed by atoms with van der Waals surface area (Å²) in [7, 11) is 0. The van der Waals surface area contributed by atoms with Crippen LogP contribution in [-0.2, 0) is 0 Å². The summed E-state index contributed by atoms with van der Waals surface area (Å²) >= 11 is 1.68. The first-order chi connectivity index (χ1) is 7.33. The molecular formula is C11H13N3S. The van der Waals surface area contributed by atoms with Gasteiger partial charge in [-0.05, 0) is 25.3 Å². The maximum atomic E-state index is 4.32. The zero-order valence-corrected chi connectivity index (χ0v) is 9.64. The molecule has 1 N–H and O–H groups in total. The number of aromatic nitrogens is 2. The molecule has 0 atom stereocenters. The van der Waals surface area contributed by atoms with Crippen LogP contribution in [0.1, 0.15) is 12.5 Å². The third kappa shape index (κ3) is 1.99. The van der Waals surface area contributed by atoms with Gasteiger partial charge in [0.1, 0.15) is 12.1 Å². The van der Waals surface area contributed by atoms with Crippen molar-refractivity contribution in [1.82, 2.24) is 9.97 Å². The average Bonchev–Trinajstić information content (AvgIpc) is 2.74. The van der Waals surface area contributed by atoms with Gasteiger partial charge in [0.2, 0.25) is 0 Å². The monoisotopic (exact) mass is 219 g/mol. The van der Waals surface area contributed by atoms with Crippen LogP contribution >= 0.6 is 11.3 Å². The number of thiophene rings is 1. The van der Waals surface area contributed by atoms with E-state index in [0.29, 0.717) is 0 Å². The zero-order chi connectivity index (χ0) is 10.7. The first kappa shape index (κ1) is 10.1. The van der Waals surface area contributed by atoms with Crippen molar-refractivity contribution < 1.29 is 0 Å². The molecule has 0 fully saturated rings. The molecule has 0 aliphatic rings. The lowest BCUT2D eigenvalue weighted by atomic mass is 10.1. The molecule has 2 rings (SSSR count). The van der Waals surface area contributed by atoms with Crippen LogP contribution in [-0.4, -0.2) is 16.5 Å². The molecule has 0 amide bonds. The van der Waals surface area contributed by atoms with E-state index in [1.807, 2.05) is 6.92 Å². The topological polar surface area (TPSA) is 37.8 Å². The molecule has 0 bridgehead atoms. The number of nitrogens with zero attached hydrogens (tertiary/aromatic N) is 2. The molecule has 0 spiro atoms. The molecule has 0 radical (unpaired) electrons. The van der Waals surface area contributed by atoms with Crippen LogP contribution in [0.4, 0.5) is 5.82 Å². The minimum Gasteiger partial charge on any atom is -0.370 e. The van der Waals surface area contributed by atoms with Crippen molar-refractivity contribution in [2.24, 2.45) is 0 Å². The normalized spacial score (nSPS) is 10.3. The van der Waals surface area contributed by atoms with Gasteiger partial charge in [0, 0.05) is 23.1 Å². The van der Waals surface area contributed by atoms with E-state index in [4.69, 9.17) is 0 Å². The van der Waals surface area contributed by atoms with Gasteiger partial charge in [0.05, 0.1) is 5.69 Å². The van der Waals surface area contributed by atoms with E-state index < -0.39 is 0 Å². The maximum absolute atomic E-state index is 4.32. The van der Waals surface area contributed by atoms with Crippen LogP contribution < -0.4 is 5.32 Å². The van der Waals surface area contributed by atoms with Gasteiger partial charge in [-0.3, -0.25) is 0 Å². The van der Waals surface area contributed by atoms with E-state index in [9.17, 15) is 0 Å². The van der Waals surface area contributed by atoms with Crippen molar-refractivity contribution in [2.45, 2.75) is 13.8 Å². The Hall–Kier alpha value is -1.42. The Bertz CT molecular complexity index is 437. The Morgan fingerprint density at radius 3 is 2.93 bits per heavy atom. The van der Waals surface area contributed by atoms with E-state index in [1.54, 1.807) is 17.7 Å². The van der Waals surface area contributed by atoms with E-state index in [1.165, 1.54) is 5.56 Å². The van der Waals surface area contributed by atoms with Crippen molar-refractivity contribution in [3.05, 3.63) is 28.7 Å². The van der Waals surface area contributed by atoms with Crippen LogP contribution in [0.25, 0.3) is 11.3 Å². The summed E-state index contributed by atoms with van der Waals surface area (Å²) in [6.45, 7) is 4.98. The smallest absolute Gasteiger partial charge is 0.132 e. The predicted octanol–water partition coefficient (Wildman–Crippen LogP) is 2.95. The van der Waals surface area contributed by atoms with Crippen molar-refractivity contribution >= 4 is 17.2 Å². The molecule has 0 unspecified atom stereocenters. The molecule has 78 valence electrons. The second-order valence-corrected chi connectivity index (χ2v) is 4.02. The minimum absolute atomic E-state index is 0.876. The standard InChI is InChI=1S/C11H13N3S/c1-3-12-11-8(2)10(13-7-14-11)9-4-5-15-6-9/h4-7H,3H2,1-2H3,(H,12,13,14). The number of hydrogen-bond donors (Lipinski definition) is 1. The third-order valence-corrected chi connectivity index (χ3v) is 2.91. The van der Waals surface area contributed by atoms with E-state index in [-0.39, 0.29) is 0 Å². The van der Waals surface area contributed by atoms with Gasteiger partial charge in [-0.15, -0.1) is 0 Å². The second kappa shape index (κ2) is 4.40. The van der Waals surface area contributed by atoms with E-state index in [2.05, 4.69) is 39.0 Å². The molecule has 2 heterocycles. The highest BCUT2D eigenvalue weighted by Gasteiger charge is 2.08. The molecule has 0 saturated carbocycles. The van der Waals surface area contributed by atoms with Gasteiger partial charge < -0.3 is 5.32 Å². The highest BCUT2D eigenvalue weighted by Crippen LogP contribution is 2.26. The Labute approximate surface area is 93.2 Å². The molecule has 0 aromatic carbocycles. The lowest BCUT2D eigenvalue weighted by molar-refractivity contribution is 1.09. The number of nitrogens with one attached hydrogen (secondary N) is 1. The van der Waals surface area contributed by atoms with E-state index >= 15 is 0 Å². The fourth-order valence-corrected chi connectivity index (χ4v) is 2.13. The van der Waals surface area contributed by atoms with Crippen molar-refractivity contribution in [2.75, 3.05) is 11.9 Å². The van der Waals surface area contributed by atoms with Gasteiger partial charge in [-0.1, -0.05) is 0 Å². The lowest BCUT2D eigenvalue weighted by Gasteiger charge is -2.08. The van der Waals surface area contributed by atoms with Crippen molar-refractivity contribution in [3.8, 4) is 11.3 Å². The first-order valence-electron chi connectivity index (χ1n) is 4.91. The summed E-state index contributed by atoms with van der Waals surface area (Å²) in [5.74, 6) is 0.925. The van der Waals surface area contributed by atoms with E-state index in [0.717, 1.165) is 23.6 Å². The van der Waals surface area contributed by atoms with Gasteiger partial charge in [0.15, 0.2) is 0 Å². The molecular weight excluding hydrogens is 206 g/mol. The van der Waals surface area contributed by atoms with Crippen molar-refractivity contribution in [1.29, 1.82) is 0 Å². The molecule has 15 heavy (non-hydrogen) atoms. The first-order valence-corrected chi connectivity index (χ1v) is 5.85. The molecule has 4 heteroatoms. The number of anilines is 1. The fourth-order valence-electron chi connectivity index (χ4n) is 1.49. The van der Waals surface area contributed by atoms with Crippen LogP contribution in [0.15, 0.2) is 23.2 Å². The van der Waals surface area contributed by atoms with Gasteiger partial charge in [-0.25, -0.2) is 9.97 Å². The summed E-state index contributed by atoms with van der Waals surface area (Å²) in [5, 5.41) is 7.39. The van der Waals surface area contributed by atoms with Gasteiger partial charge in [-0.2, -0.15) is 11.3 Å². The lowest BCUT2D eigenvalue weighted by Crippen LogP contribution is -2.03. The van der Waals surface area contributed by atoms with Crippen LogP contribution in [0, 0.1) is 6.92 Å². The summed E-state index contributed by atoms with van der Waals surface area (Å²) in [6, 6.07) is 2.08. The maximum Gasteiger partial charge on any atom is 0.132 e. The van der Waals surface area contributed by atoms with Gasteiger partial charge >= 0.3 is 0 Å². The minimum atomic E-state index is 0.876. The number of rotatable bonds is 3. The average molecular weight is 219 g/mol. The summed E-state index contributed by atoms with van der Waals surface area (Å²) in [6.07, 6.45) is 1.61. The Balaban J connectivity index is 2.45. The van der Waals surface area contributed by atoms with Crippen molar-refractivity contribution in [3.63, 3.8) is 0 Å². The fraction of sp³-hybridized carbons (Fsp3) is 0.273. The molecule has 2 aromatic heterocycles. The van der Waals surface area contributed by atoms with Crippen LogP contribution in [0.2, 0.25) is 0 Å². The van der Waals surface area contributed by atoms with Crippen LogP contribution in [0.3, 0.4) is 0 Å². The van der Waals surface area contributed by atoms with Crippen LogP contribution in [0.5, 0.6) is 0 Å². The summed E-state index contributed by atoms with van der Waals surface area (Å²) < 4.78 is 0. The third-order valence-electron chi connectivity index (χ3n) is 2.22. The summed E-state index contributed by atoms with van der Waals surface area (Å²) in [4.78, 5) is 8.54. The Morgan fingerprint density at radius 1 is 1.40 bits per heavy atom. The predicted molar refractivity (Wildman–Crippen MR) is 64.2 cm³/mol. The molecule has 3 nitrogen and oxygen atoms in total. The second-order valence-electron chi connectivity index (χ2n) is 3.24. The molecule has 0 aliphatic heterocycles.